The zero-order valence-electron chi connectivity index (χ0n) is 18.4. The van der Waals surface area contributed by atoms with Crippen molar-refractivity contribution in [1.29, 1.82) is 0 Å². The zero-order chi connectivity index (χ0) is 23.1. The van der Waals surface area contributed by atoms with E-state index in [9.17, 15) is 19.5 Å². The number of carboxylic acids is 1. The van der Waals surface area contributed by atoms with E-state index in [1.54, 1.807) is 30.8 Å². The molecule has 0 radical (unpaired) electrons. The van der Waals surface area contributed by atoms with Crippen LogP contribution in [-0.2, 0) is 20.8 Å². The third kappa shape index (κ3) is 5.92. The molecule has 1 fully saturated rings. The van der Waals surface area contributed by atoms with Gasteiger partial charge < -0.3 is 10.4 Å². The van der Waals surface area contributed by atoms with E-state index in [2.05, 4.69) is 15.7 Å². The normalized spacial score (nSPS) is 18.1. The zero-order valence-corrected chi connectivity index (χ0v) is 19.2. The van der Waals surface area contributed by atoms with Crippen LogP contribution in [-0.4, -0.2) is 52.5 Å². The number of nitrogens with zero attached hydrogens (tertiary/aromatic N) is 2. The second-order valence-corrected chi connectivity index (χ2v) is 8.89. The van der Waals surface area contributed by atoms with Gasteiger partial charge in [-0.05, 0) is 37.7 Å². The molecule has 1 aliphatic rings. The number of thiazole rings is 1. The quantitative estimate of drug-likeness (QED) is 0.533. The third-order valence-corrected chi connectivity index (χ3v) is 6.49. The van der Waals surface area contributed by atoms with E-state index in [1.807, 2.05) is 29.6 Å². The second kappa shape index (κ2) is 11.2. The number of hydrogen-bond acceptors (Lipinski definition) is 6. The maximum absolute atomic E-state index is 13.4. The van der Waals surface area contributed by atoms with Crippen LogP contribution in [0.1, 0.15) is 38.2 Å². The third-order valence-electron chi connectivity index (χ3n) is 5.91. The van der Waals surface area contributed by atoms with Crippen LogP contribution in [0, 0.1) is 11.8 Å². The minimum atomic E-state index is -0.926. The molecule has 2 heterocycles. The number of rotatable bonds is 9. The smallest absolute Gasteiger partial charge is 0.306 e. The van der Waals surface area contributed by atoms with Gasteiger partial charge in [-0.15, -0.1) is 11.3 Å². The molecule has 2 unspecified atom stereocenters. The minimum absolute atomic E-state index is 0.215. The topological polar surface area (TPSA) is 112 Å². The van der Waals surface area contributed by atoms with Crippen molar-refractivity contribution < 1.29 is 19.5 Å². The summed E-state index contributed by atoms with van der Waals surface area (Å²) in [5.74, 6) is -2.51. The molecule has 3 N–H and O–H groups in total. The summed E-state index contributed by atoms with van der Waals surface area (Å²) in [7, 11) is 1.55. The number of hydrazine groups is 1. The highest BCUT2D eigenvalue weighted by atomic mass is 32.1. The molecular weight excluding hydrogens is 428 g/mol. The molecule has 3 rings (SSSR count). The van der Waals surface area contributed by atoms with Gasteiger partial charge in [0.15, 0.2) is 0 Å². The fourth-order valence-corrected chi connectivity index (χ4v) is 4.55. The van der Waals surface area contributed by atoms with Crippen LogP contribution >= 0.6 is 11.3 Å². The first-order chi connectivity index (χ1) is 15.4. The number of benzene rings is 1. The molecule has 0 saturated carbocycles. The monoisotopic (exact) mass is 458 g/mol. The predicted octanol–water partition coefficient (Wildman–Crippen LogP) is 2.71. The summed E-state index contributed by atoms with van der Waals surface area (Å²) in [6, 6.07) is 7.47. The number of carbonyl (C=O) groups is 3. The molecule has 2 amide bonds. The minimum Gasteiger partial charge on any atom is -0.481 e. The van der Waals surface area contributed by atoms with E-state index in [4.69, 9.17) is 0 Å². The van der Waals surface area contributed by atoms with E-state index < -0.39 is 23.8 Å². The first kappa shape index (κ1) is 23.9. The number of nitrogens with one attached hydrogen (secondary N) is 2. The Hall–Kier alpha value is -2.78. The molecule has 1 aromatic carbocycles. The highest BCUT2D eigenvalue weighted by Crippen LogP contribution is 2.25. The number of likely N-dealkylation sites (N-methyl/N-ethyl adjacent to an activating group) is 1. The lowest BCUT2D eigenvalue weighted by molar-refractivity contribution is -0.151. The highest BCUT2D eigenvalue weighted by molar-refractivity contribution is 7.07. The van der Waals surface area contributed by atoms with E-state index >= 15 is 0 Å². The molecule has 1 aliphatic heterocycles. The maximum atomic E-state index is 13.4. The van der Waals surface area contributed by atoms with Crippen LogP contribution < -0.4 is 10.7 Å². The number of aliphatic carboxylic acids is 1. The largest absolute Gasteiger partial charge is 0.481 e. The standard InChI is InChI=1S/C23H30N4O4S/c1-15(23(30)31)12-18(22(29)27-20(21(28)24-2)4-3-11-26-27)10-7-16-5-8-17(9-6-16)19-13-32-14-25-19/h5-6,8-9,13-15,18,20,26H,3-4,7,10-12H2,1-2H3,(H,24,28)(H,30,31)/t15?,18?,20-/m0/s1. The molecule has 32 heavy (non-hydrogen) atoms. The van der Waals surface area contributed by atoms with Crippen LogP contribution in [0.15, 0.2) is 35.2 Å². The number of carboxylic acid groups (broad SMARTS) is 1. The molecule has 172 valence electrons. The average Bonchev–Trinajstić information content (AvgIpc) is 3.36. The van der Waals surface area contributed by atoms with E-state index in [-0.39, 0.29) is 18.2 Å². The number of amides is 2. The van der Waals surface area contributed by atoms with Crippen molar-refractivity contribution in [2.24, 2.45) is 11.8 Å². The lowest BCUT2D eigenvalue weighted by Gasteiger charge is -2.37. The van der Waals surface area contributed by atoms with Gasteiger partial charge in [0.25, 0.3) is 0 Å². The van der Waals surface area contributed by atoms with Gasteiger partial charge in [0.05, 0.1) is 17.1 Å². The van der Waals surface area contributed by atoms with Crippen molar-refractivity contribution in [3.8, 4) is 11.3 Å². The maximum Gasteiger partial charge on any atom is 0.306 e. The lowest BCUT2D eigenvalue weighted by Crippen LogP contribution is -2.59. The molecule has 0 spiro atoms. The Kier molecular flexibility index (Phi) is 8.35. The number of hydrogen-bond donors (Lipinski definition) is 3. The Bertz CT molecular complexity index is 917. The molecule has 9 heteroatoms. The summed E-state index contributed by atoms with van der Waals surface area (Å²) < 4.78 is 0. The van der Waals surface area contributed by atoms with Gasteiger partial charge in [-0.25, -0.2) is 10.4 Å². The van der Waals surface area contributed by atoms with Crippen LogP contribution in [0.5, 0.6) is 0 Å². The first-order valence-corrected chi connectivity index (χ1v) is 11.8. The van der Waals surface area contributed by atoms with Crippen molar-refractivity contribution in [2.45, 2.75) is 45.1 Å². The number of carbonyl (C=O) groups excluding carboxylic acids is 2. The van der Waals surface area contributed by atoms with Crippen LogP contribution in [0.4, 0.5) is 0 Å². The summed E-state index contributed by atoms with van der Waals surface area (Å²) in [6.45, 7) is 2.23. The summed E-state index contributed by atoms with van der Waals surface area (Å²) in [5.41, 5.74) is 7.89. The Morgan fingerprint density at radius 2 is 2.06 bits per heavy atom. The van der Waals surface area contributed by atoms with Crippen molar-refractivity contribution in [2.75, 3.05) is 13.6 Å². The van der Waals surface area contributed by atoms with Gasteiger partial charge in [0.2, 0.25) is 11.8 Å². The van der Waals surface area contributed by atoms with E-state index in [1.165, 1.54) is 5.01 Å². The fraction of sp³-hybridized carbons (Fsp3) is 0.478. The molecule has 2 aromatic rings. The molecule has 0 bridgehead atoms. The first-order valence-electron chi connectivity index (χ1n) is 10.9. The summed E-state index contributed by atoms with van der Waals surface area (Å²) in [6.07, 6.45) is 2.74. The Labute approximate surface area is 192 Å². The SMILES string of the molecule is CNC(=O)[C@@H]1CCCNN1C(=O)C(CCc1ccc(-c2cscn2)cc1)CC(C)C(=O)O. The van der Waals surface area contributed by atoms with Gasteiger partial charge in [0.1, 0.15) is 6.04 Å². The van der Waals surface area contributed by atoms with Crippen LogP contribution in [0.3, 0.4) is 0 Å². The fourth-order valence-electron chi connectivity index (χ4n) is 3.99. The van der Waals surface area contributed by atoms with Crippen molar-refractivity contribution in [3.05, 3.63) is 40.7 Å². The van der Waals surface area contributed by atoms with Gasteiger partial charge in [-0.3, -0.25) is 19.4 Å². The van der Waals surface area contributed by atoms with Crippen LogP contribution in [0.25, 0.3) is 11.3 Å². The highest BCUT2D eigenvalue weighted by Gasteiger charge is 2.36. The summed E-state index contributed by atoms with van der Waals surface area (Å²) in [5, 5.41) is 15.4. The Morgan fingerprint density at radius 1 is 1.31 bits per heavy atom. The lowest BCUT2D eigenvalue weighted by atomic mass is 9.88. The van der Waals surface area contributed by atoms with E-state index in [0.717, 1.165) is 23.2 Å². The summed E-state index contributed by atoms with van der Waals surface area (Å²) in [4.78, 5) is 41.5. The van der Waals surface area contributed by atoms with Crippen LogP contribution in [0.2, 0.25) is 0 Å². The molecular formula is C23H30N4O4S. The molecule has 1 saturated heterocycles. The Balaban J connectivity index is 1.72. The predicted molar refractivity (Wildman–Crippen MR) is 123 cm³/mol. The summed E-state index contributed by atoms with van der Waals surface area (Å²) >= 11 is 1.55. The Morgan fingerprint density at radius 3 is 2.69 bits per heavy atom. The molecule has 8 nitrogen and oxygen atoms in total. The van der Waals surface area contributed by atoms with Gasteiger partial charge in [0, 0.05) is 30.5 Å². The molecule has 3 atom stereocenters. The number of aromatic nitrogens is 1. The van der Waals surface area contributed by atoms with Gasteiger partial charge in [-0.2, -0.15) is 0 Å². The van der Waals surface area contributed by atoms with Gasteiger partial charge >= 0.3 is 5.97 Å². The average molecular weight is 459 g/mol. The second-order valence-electron chi connectivity index (χ2n) is 8.17. The van der Waals surface area contributed by atoms with Crippen molar-refractivity contribution in [1.82, 2.24) is 20.7 Å². The molecule has 0 aliphatic carbocycles. The van der Waals surface area contributed by atoms with Crippen molar-refractivity contribution >= 4 is 29.1 Å². The number of aryl methyl sites for hydroxylation is 1. The van der Waals surface area contributed by atoms with Gasteiger partial charge in [-0.1, -0.05) is 31.2 Å². The van der Waals surface area contributed by atoms with Crippen molar-refractivity contribution in [3.63, 3.8) is 0 Å². The molecule has 1 aromatic heterocycles. The van der Waals surface area contributed by atoms with E-state index in [0.29, 0.717) is 25.8 Å².